The van der Waals surface area contributed by atoms with Gasteiger partial charge in [-0.05, 0) is 36.2 Å². The van der Waals surface area contributed by atoms with E-state index in [1.165, 1.54) is 0 Å². The Morgan fingerprint density at radius 3 is 2.59 bits per heavy atom. The number of nitrogens with zero attached hydrogens (tertiary/aromatic N) is 1. The van der Waals surface area contributed by atoms with E-state index in [4.69, 9.17) is 11.6 Å². The largest absolute Gasteiger partial charge is 0.278 e. The van der Waals surface area contributed by atoms with Crippen LogP contribution in [0.3, 0.4) is 0 Å². The molecule has 0 aromatic heterocycles. The van der Waals surface area contributed by atoms with E-state index in [0.29, 0.717) is 0 Å². The molecule has 0 aliphatic heterocycles. The Bertz CT molecular complexity index is 521. The minimum Gasteiger partial charge on any atom is -0.278 e. The van der Waals surface area contributed by atoms with Gasteiger partial charge in [0.1, 0.15) is 0 Å². The summed E-state index contributed by atoms with van der Waals surface area (Å²) in [6, 6.07) is 15.6. The Balaban J connectivity index is 2.05. The third kappa shape index (κ3) is 3.33. The summed E-state index contributed by atoms with van der Waals surface area (Å²) < 4.78 is 0. The molecule has 0 saturated heterocycles. The number of anilines is 1. The summed E-state index contributed by atoms with van der Waals surface area (Å²) in [7, 11) is 0. The van der Waals surface area contributed by atoms with Crippen molar-refractivity contribution in [2.24, 2.45) is 5.10 Å². The van der Waals surface area contributed by atoms with Crippen molar-refractivity contribution in [3.05, 3.63) is 64.7 Å². The average molecular weight is 245 g/mol. The van der Waals surface area contributed by atoms with Crippen LogP contribution in [0.25, 0.3) is 0 Å². The van der Waals surface area contributed by atoms with Gasteiger partial charge in [0.25, 0.3) is 0 Å². The Labute approximate surface area is 106 Å². The second kappa shape index (κ2) is 5.51. The average Bonchev–Trinajstić information content (AvgIpc) is 2.33. The van der Waals surface area contributed by atoms with Crippen molar-refractivity contribution in [3.8, 4) is 0 Å². The van der Waals surface area contributed by atoms with Gasteiger partial charge in [-0.3, -0.25) is 5.43 Å². The molecule has 0 atom stereocenters. The molecular formula is C14H13ClN2. The van der Waals surface area contributed by atoms with Crippen molar-refractivity contribution >= 4 is 23.5 Å². The first-order valence-electron chi connectivity index (χ1n) is 5.36. The lowest BCUT2D eigenvalue weighted by Gasteiger charge is -2.04. The van der Waals surface area contributed by atoms with Crippen LogP contribution in [0.2, 0.25) is 5.02 Å². The molecule has 86 valence electrons. The van der Waals surface area contributed by atoms with Crippen LogP contribution >= 0.6 is 11.6 Å². The topological polar surface area (TPSA) is 24.4 Å². The lowest BCUT2D eigenvalue weighted by atomic mass is 10.2. The van der Waals surface area contributed by atoms with Gasteiger partial charge in [0.05, 0.1) is 11.9 Å². The molecule has 1 N–H and O–H groups in total. The van der Waals surface area contributed by atoms with E-state index in [2.05, 4.69) is 10.5 Å². The number of aryl methyl sites for hydroxylation is 1. The van der Waals surface area contributed by atoms with Gasteiger partial charge in [0.15, 0.2) is 0 Å². The maximum Gasteiger partial charge on any atom is 0.0592 e. The van der Waals surface area contributed by atoms with E-state index in [1.807, 2.05) is 55.5 Å². The van der Waals surface area contributed by atoms with Gasteiger partial charge in [0.2, 0.25) is 0 Å². The maximum atomic E-state index is 5.88. The lowest BCUT2D eigenvalue weighted by Crippen LogP contribution is -1.92. The summed E-state index contributed by atoms with van der Waals surface area (Å²) in [4.78, 5) is 0. The third-order valence-corrected chi connectivity index (χ3v) is 2.62. The Morgan fingerprint density at radius 2 is 1.88 bits per heavy atom. The van der Waals surface area contributed by atoms with Crippen molar-refractivity contribution in [1.29, 1.82) is 0 Å². The molecule has 0 aliphatic rings. The fraction of sp³-hybridized carbons (Fsp3) is 0.0714. The van der Waals surface area contributed by atoms with E-state index in [9.17, 15) is 0 Å². The molecule has 0 heterocycles. The van der Waals surface area contributed by atoms with Crippen LogP contribution < -0.4 is 5.43 Å². The summed E-state index contributed by atoms with van der Waals surface area (Å²) in [6.07, 6.45) is 1.79. The summed E-state index contributed by atoms with van der Waals surface area (Å²) in [5, 5.41) is 4.92. The van der Waals surface area contributed by atoms with Gasteiger partial charge in [0, 0.05) is 5.02 Å². The number of nitrogens with one attached hydrogen (secondary N) is 1. The van der Waals surface area contributed by atoms with Crippen LogP contribution in [-0.2, 0) is 0 Å². The van der Waals surface area contributed by atoms with Gasteiger partial charge in [-0.1, -0.05) is 41.9 Å². The Kier molecular flexibility index (Phi) is 3.78. The van der Waals surface area contributed by atoms with Gasteiger partial charge in [-0.25, -0.2) is 0 Å². The highest BCUT2D eigenvalue weighted by Gasteiger charge is 1.96. The minimum absolute atomic E-state index is 0.736. The molecule has 0 bridgehead atoms. The first-order chi connectivity index (χ1) is 8.25. The summed E-state index contributed by atoms with van der Waals surface area (Å²) in [5.74, 6) is 0. The summed E-state index contributed by atoms with van der Waals surface area (Å²) >= 11 is 5.88. The molecule has 2 nitrogen and oxygen atoms in total. The monoisotopic (exact) mass is 244 g/mol. The van der Waals surface area contributed by atoms with E-state index in [1.54, 1.807) is 6.21 Å². The molecule has 0 saturated carbocycles. The number of hydrazone groups is 1. The predicted octanol–water partition coefficient (Wildman–Crippen LogP) is 4.09. The predicted molar refractivity (Wildman–Crippen MR) is 73.8 cm³/mol. The molecule has 2 aromatic rings. The quantitative estimate of drug-likeness (QED) is 0.638. The molecule has 0 radical (unpaired) electrons. The van der Waals surface area contributed by atoms with Crippen molar-refractivity contribution in [2.45, 2.75) is 6.92 Å². The Morgan fingerprint density at radius 1 is 1.12 bits per heavy atom. The van der Waals surface area contributed by atoms with E-state index in [0.717, 1.165) is 21.8 Å². The number of benzene rings is 2. The molecule has 0 spiro atoms. The molecule has 0 fully saturated rings. The van der Waals surface area contributed by atoms with Crippen molar-refractivity contribution in [1.82, 2.24) is 0 Å². The smallest absolute Gasteiger partial charge is 0.0592 e. The van der Waals surface area contributed by atoms with Crippen LogP contribution in [0.15, 0.2) is 53.6 Å². The molecule has 3 heteroatoms. The fourth-order valence-electron chi connectivity index (χ4n) is 1.47. The van der Waals surface area contributed by atoms with Crippen LogP contribution in [0.1, 0.15) is 11.1 Å². The zero-order valence-electron chi connectivity index (χ0n) is 9.52. The zero-order chi connectivity index (χ0) is 12.1. The first-order valence-corrected chi connectivity index (χ1v) is 5.74. The van der Waals surface area contributed by atoms with Crippen LogP contribution in [0, 0.1) is 6.92 Å². The van der Waals surface area contributed by atoms with E-state index < -0.39 is 0 Å². The van der Waals surface area contributed by atoms with Crippen LogP contribution in [0.4, 0.5) is 5.69 Å². The van der Waals surface area contributed by atoms with E-state index >= 15 is 0 Å². The molecule has 0 unspecified atom stereocenters. The standard InChI is InChI=1S/C14H13ClN2/c1-11-9-13(15)7-8-14(11)17-16-10-12-5-3-2-4-6-12/h2-10,17H,1H3/b16-10+. The summed E-state index contributed by atoms with van der Waals surface area (Å²) in [5.41, 5.74) is 6.09. The molecule has 0 aliphatic carbocycles. The molecule has 2 rings (SSSR count). The second-order valence-corrected chi connectivity index (χ2v) is 4.18. The SMILES string of the molecule is Cc1cc(Cl)ccc1N/N=C/c1ccccc1. The third-order valence-electron chi connectivity index (χ3n) is 2.39. The van der Waals surface area contributed by atoms with Crippen LogP contribution in [0.5, 0.6) is 0 Å². The highest BCUT2D eigenvalue weighted by molar-refractivity contribution is 6.30. The van der Waals surface area contributed by atoms with Crippen molar-refractivity contribution in [2.75, 3.05) is 5.43 Å². The van der Waals surface area contributed by atoms with Crippen molar-refractivity contribution in [3.63, 3.8) is 0 Å². The van der Waals surface area contributed by atoms with Gasteiger partial charge < -0.3 is 0 Å². The first kappa shape index (κ1) is 11.7. The number of halogens is 1. The van der Waals surface area contributed by atoms with Gasteiger partial charge in [-0.2, -0.15) is 5.10 Å². The van der Waals surface area contributed by atoms with Crippen molar-refractivity contribution < 1.29 is 0 Å². The molecule has 0 amide bonds. The summed E-state index contributed by atoms with van der Waals surface area (Å²) in [6.45, 7) is 1.99. The molecule has 17 heavy (non-hydrogen) atoms. The molecule has 2 aromatic carbocycles. The van der Waals surface area contributed by atoms with Gasteiger partial charge in [-0.15, -0.1) is 0 Å². The highest BCUT2D eigenvalue weighted by Crippen LogP contribution is 2.19. The minimum atomic E-state index is 0.736. The number of hydrogen-bond donors (Lipinski definition) is 1. The Hall–Kier alpha value is -1.80. The number of rotatable bonds is 3. The number of hydrogen-bond acceptors (Lipinski definition) is 2. The van der Waals surface area contributed by atoms with Crippen LogP contribution in [-0.4, -0.2) is 6.21 Å². The maximum absolute atomic E-state index is 5.88. The second-order valence-electron chi connectivity index (χ2n) is 3.74. The highest BCUT2D eigenvalue weighted by atomic mass is 35.5. The van der Waals surface area contributed by atoms with E-state index in [-0.39, 0.29) is 0 Å². The normalized spacial score (nSPS) is 10.7. The molecular weight excluding hydrogens is 232 g/mol. The van der Waals surface area contributed by atoms with Gasteiger partial charge >= 0.3 is 0 Å². The zero-order valence-corrected chi connectivity index (χ0v) is 10.3. The fourth-order valence-corrected chi connectivity index (χ4v) is 1.69. The lowest BCUT2D eigenvalue weighted by molar-refractivity contribution is 1.31.